The van der Waals surface area contributed by atoms with Gasteiger partial charge in [0, 0.05) is 5.69 Å². The van der Waals surface area contributed by atoms with Crippen LogP contribution in [0.5, 0.6) is 0 Å². The Bertz CT molecular complexity index is 715. The minimum Gasteiger partial charge on any atom is -0.478 e. The molecule has 20 heavy (non-hydrogen) atoms. The molecule has 0 aliphatic rings. The quantitative estimate of drug-likeness (QED) is 0.889. The minimum atomic E-state index is -0.985. The number of hydrogen-bond acceptors (Lipinski definition) is 3. The Kier molecular flexibility index (Phi) is 3.72. The lowest BCUT2D eigenvalue weighted by molar-refractivity contribution is 0.0698. The smallest absolute Gasteiger partial charge is 0.337 e. The van der Waals surface area contributed by atoms with E-state index in [0.29, 0.717) is 11.3 Å². The maximum absolute atomic E-state index is 11.2. The summed E-state index contributed by atoms with van der Waals surface area (Å²) in [7, 11) is 0. The lowest BCUT2D eigenvalue weighted by Gasteiger charge is -2.13. The van der Waals surface area contributed by atoms with Gasteiger partial charge >= 0.3 is 5.97 Å². The zero-order valence-corrected chi connectivity index (χ0v) is 11.3. The van der Waals surface area contributed by atoms with E-state index in [1.165, 1.54) is 0 Å². The van der Waals surface area contributed by atoms with Crippen molar-refractivity contribution in [3.8, 4) is 6.07 Å². The zero-order chi connectivity index (χ0) is 14.7. The second-order valence-electron chi connectivity index (χ2n) is 4.62. The topological polar surface area (TPSA) is 73.1 Å². The molecule has 0 unspecified atom stereocenters. The molecule has 0 aliphatic heterocycles. The molecule has 2 rings (SSSR count). The lowest BCUT2D eigenvalue weighted by Crippen LogP contribution is -2.04. The molecule has 0 saturated heterocycles. The van der Waals surface area contributed by atoms with E-state index in [0.717, 1.165) is 16.8 Å². The number of carbonyl (C=O) groups is 1. The number of carboxylic acids is 1. The average Bonchev–Trinajstić information content (AvgIpc) is 2.41. The molecule has 0 aliphatic carbocycles. The van der Waals surface area contributed by atoms with Crippen LogP contribution in [0.1, 0.15) is 27.0 Å². The second-order valence-corrected chi connectivity index (χ2v) is 4.62. The van der Waals surface area contributed by atoms with Crippen molar-refractivity contribution in [2.24, 2.45) is 0 Å². The third-order valence-corrected chi connectivity index (χ3v) is 3.04. The fourth-order valence-corrected chi connectivity index (χ4v) is 1.92. The summed E-state index contributed by atoms with van der Waals surface area (Å²) in [5, 5.41) is 21.3. The predicted molar refractivity (Wildman–Crippen MR) is 77.3 cm³/mol. The molecule has 100 valence electrons. The van der Waals surface area contributed by atoms with Gasteiger partial charge in [0.25, 0.3) is 0 Å². The summed E-state index contributed by atoms with van der Waals surface area (Å²) in [5.74, 6) is -0.985. The van der Waals surface area contributed by atoms with Crippen molar-refractivity contribution in [2.75, 3.05) is 5.32 Å². The van der Waals surface area contributed by atoms with Crippen LogP contribution >= 0.6 is 0 Å². The summed E-state index contributed by atoms with van der Waals surface area (Å²) in [4.78, 5) is 11.2. The van der Waals surface area contributed by atoms with Crippen LogP contribution in [0.25, 0.3) is 0 Å². The Balaban J connectivity index is 2.47. The third-order valence-electron chi connectivity index (χ3n) is 3.04. The van der Waals surface area contributed by atoms with Crippen molar-refractivity contribution in [3.63, 3.8) is 0 Å². The molecule has 2 N–H and O–H groups in total. The van der Waals surface area contributed by atoms with E-state index in [4.69, 9.17) is 5.26 Å². The predicted octanol–water partition coefficient (Wildman–Crippen LogP) is 3.62. The van der Waals surface area contributed by atoms with Crippen LogP contribution in [0.15, 0.2) is 36.4 Å². The highest BCUT2D eigenvalue weighted by Gasteiger charge is 2.11. The first-order valence-corrected chi connectivity index (χ1v) is 6.13. The molecule has 2 aromatic rings. The van der Waals surface area contributed by atoms with Crippen molar-refractivity contribution >= 4 is 17.3 Å². The van der Waals surface area contributed by atoms with Gasteiger partial charge in [-0.15, -0.1) is 0 Å². The fraction of sp³-hybridized carbons (Fsp3) is 0.125. The number of aromatic carboxylic acids is 1. The van der Waals surface area contributed by atoms with Crippen LogP contribution in [0, 0.1) is 25.2 Å². The monoisotopic (exact) mass is 266 g/mol. The molecule has 0 heterocycles. The van der Waals surface area contributed by atoms with Crippen molar-refractivity contribution in [1.29, 1.82) is 5.26 Å². The van der Waals surface area contributed by atoms with E-state index in [1.807, 2.05) is 19.9 Å². The molecule has 0 amide bonds. The third kappa shape index (κ3) is 2.78. The maximum Gasteiger partial charge on any atom is 0.337 e. The van der Waals surface area contributed by atoms with E-state index in [2.05, 4.69) is 11.4 Å². The summed E-state index contributed by atoms with van der Waals surface area (Å²) in [5.41, 5.74) is 3.90. The van der Waals surface area contributed by atoms with E-state index in [-0.39, 0.29) is 5.56 Å². The molecule has 2 aromatic carbocycles. The summed E-state index contributed by atoms with van der Waals surface area (Å²) < 4.78 is 0. The number of hydrogen-bond donors (Lipinski definition) is 2. The number of benzene rings is 2. The first-order chi connectivity index (χ1) is 9.51. The largest absolute Gasteiger partial charge is 0.478 e. The zero-order valence-electron chi connectivity index (χ0n) is 11.3. The van der Waals surface area contributed by atoms with Gasteiger partial charge in [-0.05, 0) is 49.2 Å². The van der Waals surface area contributed by atoms with Crippen LogP contribution in [0.4, 0.5) is 11.4 Å². The molecule has 4 nitrogen and oxygen atoms in total. The highest BCUT2D eigenvalue weighted by molar-refractivity contribution is 5.95. The van der Waals surface area contributed by atoms with Gasteiger partial charge in [0.15, 0.2) is 0 Å². The van der Waals surface area contributed by atoms with E-state index in [1.54, 1.807) is 30.3 Å². The Morgan fingerprint density at radius 1 is 1.15 bits per heavy atom. The summed E-state index contributed by atoms with van der Waals surface area (Å²) >= 11 is 0. The molecule has 0 bridgehead atoms. The molecule has 0 saturated carbocycles. The molecule has 0 fully saturated rings. The number of rotatable bonds is 3. The summed E-state index contributed by atoms with van der Waals surface area (Å²) in [6, 6.07) is 12.5. The molecular formula is C16H14N2O2. The minimum absolute atomic E-state index is 0.206. The fourth-order valence-electron chi connectivity index (χ4n) is 1.92. The standard InChI is InChI=1S/C16H14N2O2/c1-10-3-6-13(16(19)20)15(7-10)18-14-8-12(9-17)5-4-11(14)2/h3-8,18H,1-2H3,(H,19,20). The molecule has 0 radical (unpaired) electrons. The summed E-state index contributed by atoms with van der Waals surface area (Å²) in [6.45, 7) is 3.80. The Morgan fingerprint density at radius 2 is 1.90 bits per heavy atom. The number of nitriles is 1. The van der Waals surface area contributed by atoms with Crippen molar-refractivity contribution in [2.45, 2.75) is 13.8 Å². The van der Waals surface area contributed by atoms with E-state index in [9.17, 15) is 9.90 Å². The van der Waals surface area contributed by atoms with Gasteiger partial charge in [0.2, 0.25) is 0 Å². The van der Waals surface area contributed by atoms with Gasteiger partial charge in [-0.3, -0.25) is 0 Å². The van der Waals surface area contributed by atoms with Crippen molar-refractivity contribution in [1.82, 2.24) is 0 Å². The normalized spacial score (nSPS) is 9.85. The first-order valence-electron chi connectivity index (χ1n) is 6.13. The molecular weight excluding hydrogens is 252 g/mol. The molecule has 0 spiro atoms. The van der Waals surface area contributed by atoms with Gasteiger partial charge < -0.3 is 10.4 Å². The van der Waals surface area contributed by atoms with E-state index >= 15 is 0 Å². The van der Waals surface area contributed by atoms with Crippen LogP contribution < -0.4 is 5.32 Å². The van der Waals surface area contributed by atoms with Crippen LogP contribution in [0.2, 0.25) is 0 Å². The average molecular weight is 266 g/mol. The van der Waals surface area contributed by atoms with E-state index < -0.39 is 5.97 Å². The van der Waals surface area contributed by atoms with Gasteiger partial charge in [-0.25, -0.2) is 4.79 Å². The van der Waals surface area contributed by atoms with Gasteiger partial charge in [-0.1, -0.05) is 12.1 Å². The lowest BCUT2D eigenvalue weighted by atomic mass is 10.1. The van der Waals surface area contributed by atoms with Crippen LogP contribution in [-0.2, 0) is 0 Å². The van der Waals surface area contributed by atoms with Crippen molar-refractivity contribution in [3.05, 3.63) is 58.7 Å². The highest BCUT2D eigenvalue weighted by atomic mass is 16.4. The molecule has 0 aromatic heterocycles. The van der Waals surface area contributed by atoms with Gasteiger partial charge in [-0.2, -0.15) is 5.26 Å². The van der Waals surface area contributed by atoms with Gasteiger partial charge in [0.1, 0.15) is 0 Å². The Morgan fingerprint density at radius 3 is 2.55 bits per heavy atom. The number of anilines is 2. The van der Waals surface area contributed by atoms with Crippen LogP contribution in [-0.4, -0.2) is 11.1 Å². The van der Waals surface area contributed by atoms with Crippen molar-refractivity contribution < 1.29 is 9.90 Å². The number of aryl methyl sites for hydroxylation is 2. The van der Waals surface area contributed by atoms with Crippen LogP contribution in [0.3, 0.4) is 0 Å². The summed E-state index contributed by atoms with van der Waals surface area (Å²) in [6.07, 6.45) is 0. The Labute approximate surface area is 117 Å². The first kappa shape index (κ1) is 13.6. The molecule has 4 heteroatoms. The Hall–Kier alpha value is -2.80. The number of carboxylic acid groups (broad SMARTS) is 1. The number of nitrogens with zero attached hydrogens (tertiary/aromatic N) is 1. The maximum atomic E-state index is 11.2. The SMILES string of the molecule is Cc1ccc(C(=O)O)c(Nc2cc(C#N)ccc2C)c1. The second kappa shape index (κ2) is 5.45. The molecule has 0 atom stereocenters. The highest BCUT2D eigenvalue weighted by Crippen LogP contribution is 2.25. The van der Waals surface area contributed by atoms with Gasteiger partial charge in [0.05, 0.1) is 22.9 Å². The number of nitrogens with one attached hydrogen (secondary N) is 1.